The topological polar surface area (TPSA) is 73.3 Å². The molecule has 0 aliphatic carbocycles. The van der Waals surface area contributed by atoms with Crippen molar-refractivity contribution in [3.05, 3.63) is 57.9 Å². The monoisotopic (exact) mass is 438 g/mol. The molecule has 0 fully saturated rings. The van der Waals surface area contributed by atoms with Crippen molar-refractivity contribution in [2.45, 2.75) is 26.6 Å². The van der Waals surface area contributed by atoms with Crippen LogP contribution in [0.5, 0.6) is 23.0 Å². The molecule has 0 unspecified atom stereocenters. The third-order valence-corrected chi connectivity index (χ3v) is 5.06. The predicted molar refractivity (Wildman–Crippen MR) is 108 cm³/mol. The molecule has 9 heteroatoms. The highest BCUT2D eigenvalue weighted by atomic mass is 19.4. The molecule has 0 aliphatic rings. The number of phenols is 1. The Balaban J connectivity index is 2.22. The van der Waals surface area contributed by atoms with Crippen molar-refractivity contribution in [1.82, 2.24) is 0 Å². The minimum Gasteiger partial charge on any atom is -0.507 e. The van der Waals surface area contributed by atoms with Crippen LogP contribution >= 0.6 is 0 Å². The van der Waals surface area contributed by atoms with E-state index >= 15 is 0 Å². The highest BCUT2D eigenvalue weighted by molar-refractivity contribution is 5.83. The van der Waals surface area contributed by atoms with E-state index in [4.69, 9.17) is 13.9 Å². The zero-order valence-electron chi connectivity index (χ0n) is 17.3. The van der Waals surface area contributed by atoms with Crippen LogP contribution in [0.1, 0.15) is 25.2 Å². The summed E-state index contributed by atoms with van der Waals surface area (Å²) in [5.41, 5.74) is -1.12. The number of nitrogens with one attached hydrogen (secondary N) is 1. The molecular formula is C22H23F3NO5+. The molecule has 31 heavy (non-hydrogen) atoms. The first-order valence-corrected chi connectivity index (χ1v) is 9.73. The highest BCUT2D eigenvalue weighted by Crippen LogP contribution is 2.39. The van der Waals surface area contributed by atoms with Crippen molar-refractivity contribution in [2.75, 3.05) is 20.2 Å². The van der Waals surface area contributed by atoms with E-state index in [2.05, 4.69) is 0 Å². The van der Waals surface area contributed by atoms with Crippen molar-refractivity contribution in [3.8, 4) is 23.0 Å². The van der Waals surface area contributed by atoms with Crippen molar-refractivity contribution in [3.63, 3.8) is 0 Å². The molecule has 0 amide bonds. The maximum Gasteiger partial charge on any atom is 0.453 e. The molecule has 6 nitrogen and oxygen atoms in total. The Labute approximate surface area is 176 Å². The summed E-state index contributed by atoms with van der Waals surface area (Å²) < 4.78 is 57.0. The summed E-state index contributed by atoms with van der Waals surface area (Å²) >= 11 is 0. The minimum atomic E-state index is -4.99. The number of rotatable bonds is 7. The second kappa shape index (κ2) is 8.89. The van der Waals surface area contributed by atoms with Gasteiger partial charge >= 0.3 is 6.18 Å². The van der Waals surface area contributed by atoms with E-state index in [1.807, 2.05) is 13.8 Å². The highest BCUT2D eigenvalue weighted by Gasteiger charge is 2.41. The quantitative estimate of drug-likeness (QED) is 0.588. The molecule has 0 saturated carbocycles. The molecule has 0 bridgehead atoms. The Kier molecular flexibility index (Phi) is 6.45. The second-order valence-electron chi connectivity index (χ2n) is 6.94. The summed E-state index contributed by atoms with van der Waals surface area (Å²) in [4.78, 5) is 14.0. The van der Waals surface area contributed by atoms with Gasteiger partial charge in [0.1, 0.15) is 23.8 Å². The molecule has 0 saturated heterocycles. The van der Waals surface area contributed by atoms with Gasteiger partial charge in [-0.2, -0.15) is 13.2 Å². The van der Waals surface area contributed by atoms with Crippen LogP contribution in [0.2, 0.25) is 0 Å². The Morgan fingerprint density at radius 1 is 1.03 bits per heavy atom. The number of alkyl halides is 3. The predicted octanol–water partition coefficient (Wildman–Crippen LogP) is 3.74. The lowest BCUT2D eigenvalue weighted by atomic mass is 10.1. The molecule has 1 heterocycles. The summed E-state index contributed by atoms with van der Waals surface area (Å²) in [5, 5.41) is 10.2. The molecular weight excluding hydrogens is 415 g/mol. The van der Waals surface area contributed by atoms with Crippen molar-refractivity contribution < 1.29 is 37.1 Å². The second-order valence-corrected chi connectivity index (χ2v) is 6.94. The summed E-state index contributed by atoms with van der Waals surface area (Å²) in [7, 11) is 1.45. The van der Waals surface area contributed by atoms with Gasteiger partial charge in [0.25, 0.3) is 5.76 Å². The van der Waals surface area contributed by atoms with Crippen LogP contribution in [0.25, 0.3) is 11.0 Å². The lowest BCUT2D eigenvalue weighted by Crippen LogP contribution is -3.10. The summed E-state index contributed by atoms with van der Waals surface area (Å²) in [5.74, 6) is -2.25. The largest absolute Gasteiger partial charge is 0.507 e. The van der Waals surface area contributed by atoms with Gasteiger partial charge in [-0.25, -0.2) is 0 Å². The lowest BCUT2D eigenvalue weighted by Gasteiger charge is -2.18. The van der Waals surface area contributed by atoms with Crippen LogP contribution in [0.4, 0.5) is 13.2 Å². The van der Waals surface area contributed by atoms with Crippen molar-refractivity contribution >= 4 is 11.0 Å². The van der Waals surface area contributed by atoms with E-state index in [1.54, 1.807) is 0 Å². The first-order valence-electron chi connectivity index (χ1n) is 9.73. The smallest absolute Gasteiger partial charge is 0.453 e. The van der Waals surface area contributed by atoms with Gasteiger partial charge in [0.05, 0.1) is 31.1 Å². The van der Waals surface area contributed by atoms with Gasteiger partial charge in [-0.05, 0) is 50.2 Å². The average molecular weight is 438 g/mol. The van der Waals surface area contributed by atoms with E-state index in [9.17, 15) is 23.1 Å². The summed E-state index contributed by atoms with van der Waals surface area (Å²) in [6.07, 6.45) is -4.99. The summed E-state index contributed by atoms with van der Waals surface area (Å²) in [6.45, 7) is 5.40. The maximum atomic E-state index is 13.8. The van der Waals surface area contributed by atoms with Gasteiger partial charge in [-0.1, -0.05) is 0 Å². The van der Waals surface area contributed by atoms with E-state index < -0.39 is 23.1 Å². The fourth-order valence-electron chi connectivity index (χ4n) is 3.25. The van der Waals surface area contributed by atoms with Crippen LogP contribution in [-0.2, 0) is 12.7 Å². The average Bonchev–Trinajstić information content (AvgIpc) is 2.74. The lowest BCUT2D eigenvalue weighted by molar-refractivity contribution is -0.910. The van der Waals surface area contributed by atoms with E-state index in [1.165, 1.54) is 43.5 Å². The number of halogens is 3. The number of quaternary nitrogens is 1. The van der Waals surface area contributed by atoms with Crippen LogP contribution in [0.15, 0.2) is 45.6 Å². The number of fused-ring (bicyclic) bond motifs is 1. The molecule has 0 radical (unpaired) electrons. The van der Waals surface area contributed by atoms with Gasteiger partial charge in [0, 0.05) is 0 Å². The van der Waals surface area contributed by atoms with Gasteiger partial charge in [0.15, 0.2) is 5.58 Å². The number of aromatic hydroxyl groups is 1. The van der Waals surface area contributed by atoms with Crippen LogP contribution in [0.3, 0.4) is 0 Å². The third kappa shape index (κ3) is 4.61. The zero-order chi connectivity index (χ0) is 22.8. The third-order valence-electron chi connectivity index (χ3n) is 5.06. The Bertz CT molecular complexity index is 1120. The first kappa shape index (κ1) is 22.5. The molecule has 0 spiro atoms. The Morgan fingerprint density at radius 2 is 1.65 bits per heavy atom. The van der Waals surface area contributed by atoms with E-state index in [0.717, 1.165) is 4.90 Å². The standard InChI is InChI=1S/C22H22F3NO5/c1-4-26(5-2)12-16-17(27)11-10-15-18(28)20(21(22(23,24)25)31-19(15)16)30-14-8-6-13(29-3)7-9-14/h6-11,27H,4-5,12H2,1-3H3/p+1. The number of phenolic OH excluding ortho intramolecular Hbond substituents is 1. The normalized spacial score (nSPS) is 11.8. The zero-order valence-corrected chi connectivity index (χ0v) is 17.3. The first-order chi connectivity index (χ1) is 14.7. The number of hydrogen-bond donors (Lipinski definition) is 2. The van der Waals surface area contributed by atoms with Crippen LogP contribution in [-0.4, -0.2) is 25.3 Å². The SMILES string of the molecule is CC[NH+](CC)Cc1c(O)ccc2c(=O)c(Oc3ccc(OC)cc3)c(C(F)(F)F)oc12. The van der Waals surface area contributed by atoms with Gasteiger partial charge in [-0.15, -0.1) is 0 Å². The van der Waals surface area contributed by atoms with Crippen molar-refractivity contribution in [1.29, 1.82) is 0 Å². The number of methoxy groups -OCH3 is 1. The fraction of sp³-hybridized carbons (Fsp3) is 0.318. The molecule has 0 aliphatic heterocycles. The van der Waals surface area contributed by atoms with Gasteiger partial charge < -0.3 is 23.9 Å². The maximum absolute atomic E-state index is 13.8. The Hall–Kier alpha value is -3.20. The minimum absolute atomic E-state index is 0.0181. The number of hydrogen-bond acceptors (Lipinski definition) is 5. The summed E-state index contributed by atoms with van der Waals surface area (Å²) in [6, 6.07) is 8.27. The van der Waals surface area contributed by atoms with E-state index in [0.29, 0.717) is 18.8 Å². The molecule has 166 valence electrons. The van der Waals surface area contributed by atoms with Gasteiger partial charge in [0.2, 0.25) is 11.2 Å². The van der Waals surface area contributed by atoms with Crippen LogP contribution in [0, 0.1) is 0 Å². The molecule has 3 rings (SSSR count). The number of benzene rings is 2. The number of ether oxygens (including phenoxy) is 2. The van der Waals surface area contributed by atoms with Crippen LogP contribution < -0.4 is 19.8 Å². The van der Waals surface area contributed by atoms with Gasteiger partial charge in [-0.3, -0.25) is 4.79 Å². The molecule has 0 atom stereocenters. The fourth-order valence-corrected chi connectivity index (χ4v) is 3.25. The Morgan fingerprint density at radius 3 is 2.19 bits per heavy atom. The molecule has 2 N–H and O–H groups in total. The van der Waals surface area contributed by atoms with E-state index in [-0.39, 0.29) is 34.6 Å². The van der Waals surface area contributed by atoms with Crippen molar-refractivity contribution in [2.24, 2.45) is 0 Å². The molecule has 2 aromatic carbocycles. The molecule has 3 aromatic rings. The molecule has 1 aromatic heterocycles.